The Hall–Kier alpha value is -4.67. The van der Waals surface area contributed by atoms with Gasteiger partial charge in [-0.3, -0.25) is 0 Å². The molecule has 0 amide bonds. The maximum Gasteiger partial charge on any atom is 0.162 e. The summed E-state index contributed by atoms with van der Waals surface area (Å²) >= 11 is 6.20. The fraction of sp³-hybridized carbons (Fsp3) is 0. The van der Waals surface area contributed by atoms with Gasteiger partial charge in [-0.05, 0) is 47.0 Å². The first-order valence-electron chi connectivity index (χ1n) is 11.9. The molecule has 37 heavy (non-hydrogen) atoms. The summed E-state index contributed by atoms with van der Waals surface area (Å²) in [5, 5.41) is 10.2. The highest BCUT2D eigenvalue weighted by atomic mass is 35.5. The highest BCUT2D eigenvalue weighted by molar-refractivity contribution is 6.39. The van der Waals surface area contributed by atoms with E-state index in [-0.39, 0.29) is 10.8 Å². The van der Waals surface area contributed by atoms with Crippen molar-refractivity contribution in [2.24, 2.45) is 9.98 Å². The van der Waals surface area contributed by atoms with E-state index in [4.69, 9.17) is 21.6 Å². The largest absolute Gasteiger partial charge is 0.506 e. The summed E-state index contributed by atoms with van der Waals surface area (Å²) in [6.07, 6.45) is 2.01. The van der Waals surface area contributed by atoms with E-state index in [0.29, 0.717) is 5.84 Å². The van der Waals surface area contributed by atoms with Crippen molar-refractivity contribution in [2.75, 3.05) is 0 Å². The second kappa shape index (κ2) is 9.76. The molecule has 6 rings (SSSR count). The molecule has 2 heterocycles. The molecular formula is C32H22ClN3O. The quantitative estimate of drug-likeness (QED) is 0.251. The van der Waals surface area contributed by atoms with E-state index in [2.05, 4.69) is 35.3 Å². The molecule has 1 aromatic heterocycles. The summed E-state index contributed by atoms with van der Waals surface area (Å²) < 4.78 is 0. The number of phenolic OH excluding ortho intramolecular Hbond substituents is 1. The molecule has 0 radical (unpaired) electrons. The number of amidine groups is 1. The molecule has 4 nitrogen and oxygen atoms in total. The average Bonchev–Trinajstić information content (AvgIpc) is 3.57. The molecule has 0 bridgehead atoms. The van der Waals surface area contributed by atoms with Gasteiger partial charge < -0.3 is 10.1 Å². The molecule has 178 valence electrons. The van der Waals surface area contributed by atoms with Crippen molar-refractivity contribution in [3.63, 3.8) is 0 Å². The number of aromatic amines is 1. The number of hydrogen-bond donors (Lipinski definition) is 2. The van der Waals surface area contributed by atoms with Crippen LogP contribution in [0.15, 0.2) is 131 Å². The summed E-state index contributed by atoms with van der Waals surface area (Å²) in [5.74, 6) is 1.37. The van der Waals surface area contributed by atoms with Gasteiger partial charge in [0.15, 0.2) is 5.84 Å². The third-order valence-corrected chi connectivity index (χ3v) is 6.56. The Balaban J connectivity index is 1.52. The van der Waals surface area contributed by atoms with Crippen LogP contribution in [0.25, 0.3) is 28.0 Å². The fourth-order valence-electron chi connectivity index (χ4n) is 4.39. The zero-order chi connectivity index (χ0) is 25.2. The molecule has 0 unspecified atom stereocenters. The minimum absolute atomic E-state index is 0.0393. The second-order valence-corrected chi connectivity index (χ2v) is 9.11. The molecule has 1 aliphatic rings. The van der Waals surface area contributed by atoms with E-state index in [1.165, 1.54) is 0 Å². The van der Waals surface area contributed by atoms with Gasteiger partial charge in [0.1, 0.15) is 11.6 Å². The number of allylic oxidation sites excluding steroid dienone is 1. The number of aliphatic imine (C=N–C) groups is 2. The molecule has 1 aliphatic heterocycles. The molecule has 5 aromatic rings. The lowest BCUT2D eigenvalue weighted by Gasteiger charge is -2.04. The fourth-order valence-corrected chi connectivity index (χ4v) is 4.57. The molecule has 0 spiro atoms. The van der Waals surface area contributed by atoms with Crippen LogP contribution in [0.2, 0.25) is 5.02 Å². The molecule has 2 N–H and O–H groups in total. The van der Waals surface area contributed by atoms with E-state index >= 15 is 0 Å². The van der Waals surface area contributed by atoms with E-state index in [0.717, 1.165) is 50.6 Å². The van der Waals surface area contributed by atoms with Crippen LogP contribution in [0.1, 0.15) is 11.1 Å². The highest BCUT2D eigenvalue weighted by Gasteiger charge is 2.21. The molecular weight excluding hydrogens is 478 g/mol. The van der Waals surface area contributed by atoms with Crippen LogP contribution in [0.5, 0.6) is 5.75 Å². The van der Waals surface area contributed by atoms with Gasteiger partial charge in [-0.25, -0.2) is 9.98 Å². The summed E-state index contributed by atoms with van der Waals surface area (Å²) in [5.41, 5.74) is 7.59. The van der Waals surface area contributed by atoms with Crippen LogP contribution >= 0.6 is 11.6 Å². The number of nitrogens with one attached hydrogen (secondary N) is 1. The molecule has 0 saturated heterocycles. The lowest BCUT2D eigenvalue weighted by molar-refractivity contribution is 0.475. The Morgan fingerprint density at radius 1 is 0.676 bits per heavy atom. The lowest BCUT2D eigenvalue weighted by Crippen LogP contribution is -1.96. The van der Waals surface area contributed by atoms with Crippen LogP contribution < -0.4 is 0 Å². The van der Waals surface area contributed by atoms with Crippen molar-refractivity contribution in [3.8, 4) is 28.1 Å². The predicted octanol–water partition coefficient (Wildman–Crippen LogP) is 8.32. The van der Waals surface area contributed by atoms with Crippen LogP contribution in [0.4, 0.5) is 5.82 Å². The van der Waals surface area contributed by atoms with Gasteiger partial charge in [0.2, 0.25) is 0 Å². The zero-order valence-electron chi connectivity index (χ0n) is 19.8. The normalized spacial score (nSPS) is 14.0. The molecule has 0 saturated carbocycles. The summed E-state index contributed by atoms with van der Waals surface area (Å²) in [4.78, 5) is 13.5. The third kappa shape index (κ3) is 4.63. The lowest BCUT2D eigenvalue weighted by atomic mass is 10.0. The van der Waals surface area contributed by atoms with Crippen LogP contribution in [-0.4, -0.2) is 21.6 Å². The standard InChI is InChI=1S/C32H22ClN3O/c33-27-18-24(16-17-30(27)37)29-20-26(22-12-6-2-7-13-22)32(35-29)36-31-25(21-10-4-1-5-11-21)19-28(34-31)23-14-8-3-9-15-23/h1-20,34,37H. The number of nitrogens with zero attached hydrogens (tertiary/aromatic N) is 2. The second-order valence-electron chi connectivity index (χ2n) is 8.70. The Morgan fingerprint density at radius 2 is 1.30 bits per heavy atom. The first kappa shape index (κ1) is 22.8. The number of aromatic hydroxyl groups is 1. The van der Waals surface area contributed by atoms with Crippen molar-refractivity contribution >= 4 is 34.5 Å². The first-order chi connectivity index (χ1) is 18.2. The van der Waals surface area contributed by atoms with Crippen molar-refractivity contribution in [3.05, 3.63) is 137 Å². The van der Waals surface area contributed by atoms with Gasteiger partial charge in [0, 0.05) is 22.4 Å². The van der Waals surface area contributed by atoms with Crippen LogP contribution in [0, 0.1) is 0 Å². The number of H-pyrrole nitrogens is 1. The van der Waals surface area contributed by atoms with Crippen molar-refractivity contribution < 1.29 is 5.11 Å². The molecule has 0 atom stereocenters. The van der Waals surface area contributed by atoms with Crippen molar-refractivity contribution in [1.29, 1.82) is 0 Å². The summed E-state index contributed by atoms with van der Waals surface area (Å²) in [6.45, 7) is 0. The van der Waals surface area contributed by atoms with Gasteiger partial charge >= 0.3 is 0 Å². The summed E-state index contributed by atoms with van der Waals surface area (Å²) in [7, 11) is 0. The molecule has 0 fully saturated rings. The minimum atomic E-state index is 0.0393. The monoisotopic (exact) mass is 499 g/mol. The maximum atomic E-state index is 9.88. The number of aromatic nitrogens is 1. The van der Waals surface area contributed by atoms with Gasteiger partial charge in [0.25, 0.3) is 0 Å². The number of phenols is 1. The average molecular weight is 500 g/mol. The zero-order valence-corrected chi connectivity index (χ0v) is 20.5. The SMILES string of the molecule is Oc1ccc(C2=NC(=Nc3[nH]c(-c4ccccc4)cc3-c3ccccc3)C(c3ccccc3)=C2)cc1Cl. The van der Waals surface area contributed by atoms with Crippen molar-refractivity contribution in [1.82, 2.24) is 4.98 Å². The van der Waals surface area contributed by atoms with Gasteiger partial charge in [-0.2, -0.15) is 0 Å². The summed E-state index contributed by atoms with van der Waals surface area (Å²) in [6, 6.07) is 37.7. The Kier molecular flexibility index (Phi) is 6.01. The van der Waals surface area contributed by atoms with Crippen LogP contribution in [0.3, 0.4) is 0 Å². The molecule has 0 aliphatic carbocycles. The van der Waals surface area contributed by atoms with E-state index in [9.17, 15) is 5.11 Å². The van der Waals surface area contributed by atoms with E-state index in [1.54, 1.807) is 18.2 Å². The Morgan fingerprint density at radius 3 is 1.95 bits per heavy atom. The Bertz CT molecular complexity index is 1670. The van der Waals surface area contributed by atoms with E-state index in [1.807, 2.05) is 72.8 Å². The third-order valence-electron chi connectivity index (χ3n) is 6.26. The Labute approximate surface area is 220 Å². The number of halogens is 1. The smallest absolute Gasteiger partial charge is 0.162 e. The van der Waals surface area contributed by atoms with Gasteiger partial charge in [-0.15, -0.1) is 0 Å². The predicted molar refractivity (Wildman–Crippen MR) is 153 cm³/mol. The highest BCUT2D eigenvalue weighted by Crippen LogP contribution is 2.37. The number of hydrogen-bond acceptors (Lipinski definition) is 2. The van der Waals surface area contributed by atoms with E-state index < -0.39 is 0 Å². The molecule has 4 aromatic carbocycles. The minimum Gasteiger partial charge on any atom is -0.506 e. The first-order valence-corrected chi connectivity index (χ1v) is 12.3. The maximum absolute atomic E-state index is 9.88. The van der Waals surface area contributed by atoms with Crippen molar-refractivity contribution in [2.45, 2.75) is 0 Å². The van der Waals surface area contributed by atoms with Crippen LogP contribution in [-0.2, 0) is 0 Å². The number of benzene rings is 4. The molecule has 5 heteroatoms. The topological polar surface area (TPSA) is 60.7 Å². The van der Waals surface area contributed by atoms with Gasteiger partial charge in [-0.1, -0.05) is 103 Å². The number of rotatable bonds is 5. The van der Waals surface area contributed by atoms with Gasteiger partial charge in [0.05, 0.1) is 10.7 Å².